The molecule has 1 aliphatic heterocycles. The van der Waals surface area contributed by atoms with Crippen molar-refractivity contribution in [2.45, 2.75) is 71.3 Å². The summed E-state index contributed by atoms with van der Waals surface area (Å²) in [5.41, 5.74) is 7.19. The molecule has 1 saturated carbocycles. The topological polar surface area (TPSA) is 126 Å². The number of carboxylic acids is 1. The Morgan fingerprint density at radius 2 is 2.05 bits per heavy atom. The summed E-state index contributed by atoms with van der Waals surface area (Å²) < 4.78 is 17.3. The minimum Gasteiger partial charge on any atom is -0.477 e. The van der Waals surface area contributed by atoms with Crippen molar-refractivity contribution in [1.29, 1.82) is 0 Å². The summed E-state index contributed by atoms with van der Waals surface area (Å²) in [4.78, 5) is 37.7. The molecule has 3 atom stereocenters. The van der Waals surface area contributed by atoms with Gasteiger partial charge in [0.2, 0.25) is 11.3 Å². The van der Waals surface area contributed by atoms with Crippen molar-refractivity contribution in [2.75, 3.05) is 24.1 Å². The number of pyridine rings is 1. The van der Waals surface area contributed by atoms with Crippen LogP contribution in [-0.4, -0.2) is 34.6 Å². The van der Waals surface area contributed by atoms with Crippen molar-refractivity contribution >= 4 is 34.2 Å². The molecular formula is C28H35FN4O4. The first-order valence-electron chi connectivity index (χ1n) is 13.3. The zero-order valence-corrected chi connectivity index (χ0v) is 21.5. The average Bonchev–Trinajstić information content (AvgIpc) is 3.03. The second-order valence-electron chi connectivity index (χ2n) is 11.0. The lowest BCUT2D eigenvalue weighted by Crippen LogP contribution is -2.46. The molecule has 2 unspecified atom stereocenters. The first-order valence-corrected chi connectivity index (χ1v) is 13.3. The van der Waals surface area contributed by atoms with Crippen molar-refractivity contribution in [3.05, 3.63) is 45.0 Å². The van der Waals surface area contributed by atoms with Gasteiger partial charge >= 0.3 is 5.97 Å². The van der Waals surface area contributed by atoms with E-state index in [9.17, 15) is 19.5 Å². The minimum atomic E-state index is -1.36. The molecule has 1 fully saturated rings. The lowest BCUT2D eigenvalue weighted by molar-refractivity contribution is -0.133. The summed E-state index contributed by atoms with van der Waals surface area (Å²) in [6, 6.07) is -0.0667. The quantitative estimate of drug-likeness (QED) is 0.249. The Balaban J connectivity index is 1.35. The van der Waals surface area contributed by atoms with Gasteiger partial charge in [-0.3, -0.25) is 9.59 Å². The third-order valence-electron chi connectivity index (χ3n) is 8.70. The smallest absolute Gasteiger partial charge is 0.341 e. The van der Waals surface area contributed by atoms with Crippen LogP contribution in [0.15, 0.2) is 22.6 Å². The molecular weight excluding hydrogens is 475 g/mol. The van der Waals surface area contributed by atoms with Crippen LogP contribution in [0.2, 0.25) is 0 Å². The van der Waals surface area contributed by atoms with Crippen molar-refractivity contribution in [3.8, 4) is 0 Å². The van der Waals surface area contributed by atoms with Gasteiger partial charge in [0.1, 0.15) is 5.56 Å². The van der Waals surface area contributed by atoms with Gasteiger partial charge in [0.05, 0.1) is 27.7 Å². The van der Waals surface area contributed by atoms with E-state index in [1.54, 1.807) is 4.57 Å². The number of hydrogen-bond acceptors (Lipinski definition) is 5. The predicted octanol–water partition coefficient (Wildman–Crippen LogP) is 4.37. The number of nitrogen functional groups attached to an aromatic ring is 1. The van der Waals surface area contributed by atoms with Crippen LogP contribution in [0.25, 0.3) is 10.9 Å². The highest BCUT2D eigenvalue weighted by atomic mass is 19.1. The van der Waals surface area contributed by atoms with Gasteiger partial charge in [-0.1, -0.05) is 18.6 Å². The average molecular weight is 511 g/mol. The van der Waals surface area contributed by atoms with Gasteiger partial charge in [-0.05, 0) is 64.2 Å². The number of hydrogen-bond donors (Lipinski definition) is 4. The Bertz CT molecular complexity index is 1380. The monoisotopic (exact) mass is 510 g/mol. The maximum atomic E-state index is 15.5. The first kappa shape index (κ1) is 25.3. The number of benzene rings is 1. The Morgan fingerprint density at radius 1 is 1.27 bits per heavy atom. The Kier molecular flexibility index (Phi) is 6.50. The van der Waals surface area contributed by atoms with Gasteiger partial charge in [0.25, 0.3) is 0 Å². The molecule has 0 spiro atoms. The zero-order chi connectivity index (χ0) is 26.5. The number of nitrogens with two attached hydrogens (primary N) is 1. The van der Waals surface area contributed by atoms with Crippen LogP contribution in [0.5, 0.6) is 0 Å². The van der Waals surface area contributed by atoms with Gasteiger partial charge in [0.15, 0.2) is 5.82 Å². The number of carbonyl (C=O) groups is 2. The summed E-state index contributed by atoms with van der Waals surface area (Å²) >= 11 is 0. The van der Waals surface area contributed by atoms with Crippen molar-refractivity contribution < 1.29 is 19.1 Å². The zero-order valence-electron chi connectivity index (χ0n) is 21.5. The number of aromatic nitrogens is 1. The van der Waals surface area contributed by atoms with E-state index in [0.29, 0.717) is 42.9 Å². The molecule has 2 bridgehead atoms. The molecule has 9 heteroatoms. The molecule has 8 nitrogen and oxygen atoms in total. The number of amides is 1. The molecule has 0 radical (unpaired) electrons. The van der Waals surface area contributed by atoms with Crippen LogP contribution < -0.4 is 21.8 Å². The van der Waals surface area contributed by atoms with E-state index in [0.717, 1.165) is 38.5 Å². The fourth-order valence-corrected chi connectivity index (χ4v) is 6.58. The summed E-state index contributed by atoms with van der Waals surface area (Å²) in [5.74, 6) is -1.52. The second kappa shape index (κ2) is 9.50. The Morgan fingerprint density at radius 3 is 2.73 bits per heavy atom. The van der Waals surface area contributed by atoms with Gasteiger partial charge in [0, 0.05) is 30.9 Å². The maximum absolute atomic E-state index is 15.5. The Hall–Kier alpha value is -3.36. The first-order chi connectivity index (χ1) is 17.6. The minimum absolute atomic E-state index is 0.0652. The molecule has 2 heterocycles. The van der Waals surface area contributed by atoms with E-state index in [2.05, 4.69) is 23.6 Å². The molecule has 0 saturated heterocycles. The lowest BCUT2D eigenvalue weighted by atomic mass is 9.61. The van der Waals surface area contributed by atoms with E-state index in [1.807, 2.05) is 6.92 Å². The highest BCUT2D eigenvalue weighted by molar-refractivity contribution is 6.01. The van der Waals surface area contributed by atoms with Gasteiger partial charge < -0.3 is 26.0 Å². The summed E-state index contributed by atoms with van der Waals surface area (Å²) in [5, 5.41) is 15.7. The number of nitrogens with zero attached hydrogens (tertiary/aromatic N) is 1. The molecule has 3 aliphatic carbocycles. The molecule has 1 amide bonds. The Labute approximate surface area is 215 Å². The second-order valence-corrected chi connectivity index (χ2v) is 11.0. The largest absolute Gasteiger partial charge is 0.477 e. The number of aryl methyl sites for hydroxylation is 1. The summed E-state index contributed by atoms with van der Waals surface area (Å²) in [6.07, 6.45) is 9.87. The highest BCUT2D eigenvalue weighted by Crippen LogP contribution is 2.49. The maximum Gasteiger partial charge on any atom is 0.341 e. The molecule has 1 aromatic heterocycles. The van der Waals surface area contributed by atoms with Crippen LogP contribution >= 0.6 is 0 Å². The van der Waals surface area contributed by atoms with E-state index in [-0.39, 0.29) is 34.1 Å². The van der Waals surface area contributed by atoms with Crippen molar-refractivity contribution in [3.63, 3.8) is 0 Å². The van der Waals surface area contributed by atoms with E-state index >= 15 is 4.39 Å². The number of carboxylic acid groups (broad SMARTS) is 1. The summed E-state index contributed by atoms with van der Waals surface area (Å²) in [7, 11) is 0. The van der Waals surface area contributed by atoms with Gasteiger partial charge in [-0.25, -0.2) is 9.18 Å². The van der Waals surface area contributed by atoms with Gasteiger partial charge in [-0.15, -0.1) is 0 Å². The van der Waals surface area contributed by atoms with Crippen molar-refractivity contribution in [1.82, 2.24) is 9.88 Å². The van der Waals surface area contributed by atoms with Crippen molar-refractivity contribution in [2.24, 2.45) is 11.3 Å². The SMILES string of the molecule is CC1CC2(C(=O)NCCCNc3c(F)c(N)c4c(=O)c(C(=O)O)cn5c4c3CCC[C@@H]5C)CC=C1CC2. The van der Waals surface area contributed by atoms with Crippen LogP contribution in [0.4, 0.5) is 15.8 Å². The fraction of sp³-hybridized carbons (Fsp3) is 0.536. The summed E-state index contributed by atoms with van der Waals surface area (Å²) in [6.45, 7) is 5.03. The number of anilines is 2. The third-order valence-corrected chi connectivity index (χ3v) is 8.70. The van der Waals surface area contributed by atoms with Crippen LogP contribution in [-0.2, 0) is 11.2 Å². The number of rotatable bonds is 7. The van der Waals surface area contributed by atoms with Crippen LogP contribution in [0.3, 0.4) is 0 Å². The molecule has 198 valence electrons. The molecule has 6 rings (SSSR count). The third kappa shape index (κ3) is 4.18. The molecule has 1 aromatic carbocycles. The molecule has 37 heavy (non-hydrogen) atoms. The number of halogens is 1. The normalized spacial score (nSPS) is 24.5. The van der Waals surface area contributed by atoms with E-state index in [4.69, 9.17) is 5.73 Å². The number of aromatic carboxylic acids is 1. The van der Waals surface area contributed by atoms with E-state index in [1.165, 1.54) is 11.8 Å². The molecule has 5 N–H and O–H groups in total. The molecule has 4 aliphatic rings. The molecule has 2 aromatic rings. The standard InChI is InChI=1S/C28H35FN4O4/c1-15-13-28(9-7-17(15)8-10-28)27(37)32-12-4-11-31-23-18-6-3-5-16(2)33-14-19(26(35)36)25(34)20(24(18)33)22(30)21(23)29/h7,14-16,31H,3-6,8-13,30H2,1-2H3,(H,32,37)(H,35,36)/t15?,16-,28?/m0/s1. The number of nitrogens with one attached hydrogen (secondary N) is 2. The van der Waals surface area contributed by atoms with Crippen LogP contribution in [0, 0.1) is 17.2 Å². The predicted molar refractivity (Wildman–Crippen MR) is 141 cm³/mol. The lowest BCUT2D eigenvalue weighted by Gasteiger charge is -2.44. The van der Waals surface area contributed by atoms with Crippen LogP contribution in [0.1, 0.15) is 80.8 Å². The number of allylic oxidation sites excluding steroid dienone is 2. The van der Waals surface area contributed by atoms with Gasteiger partial charge in [-0.2, -0.15) is 0 Å². The highest BCUT2D eigenvalue weighted by Gasteiger charge is 2.45. The number of carbonyl (C=O) groups excluding carboxylic acids is 1. The fourth-order valence-electron chi connectivity index (χ4n) is 6.58. The number of fused-ring (bicyclic) bond motifs is 3. The van der Waals surface area contributed by atoms with E-state index < -0.39 is 22.8 Å².